The predicted octanol–water partition coefficient (Wildman–Crippen LogP) is 2.34. The summed E-state index contributed by atoms with van der Waals surface area (Å²) in [6, 6.07) is 6.99. The second kappa shape index (κ2) is 4.93. The summed E-state index contributed by atoms with van der Waals surface area (Å²) < 4.78 is 13.1. The molecule has 0 aromatic heterocycles. The minimum atomic E-state index is -0.179. The summed E-state index contributed by atoms with van der Waals surface area (Å²) in [7, 11) is 0. The van der Waals surface area contributed by atoms with Crippen LogP contribution < -0.4 is 0 Å². The van der Waals surface area contributed by atoms with Crippen molar-refractivity contribution >= 4 is 0 Å². The smallest absolute Gasteiger partial charge is 0.123 e. The highest BCUT2D eigenvalue weighted by atomic mass is 19.1. The molecule has 2 nitrogen and oxygen atoms in total. The minimum absolute atomic E-state index is 0.157. The lowest BCUT2D eigenvalue weighted by Gasteiger charge is -2.34. The first-order valence-corrected chi connectivity index (χ1v) is 5.84. The van der Waals surface area contributed by atoms with Gasteiger partial charge in [-0.2, -0.15) is 0 Å². The van der Waals surface area contributed by atoms with E-state index in [0.717, 1.165) is 31.5 Å². The van der Waals surface area contributed by atoms with Gasteiger partial charge in [0.15, 0.2) is 0 Å². The Morgan fingerprint density at radius 1 is 1.38 bits per heavy atom. The third-order valence-corrected chi connectivity index (χ3v) is 3.38. The van der Waals surface area contributed by atoms with Gasteiger partial charge >= 0.3 is 0 Å². The highest BCUT2D eigenvalue weighted by molar-refractivity contribution is 5.19. The van der Waals surface area contributed by atoms with Crippen molar-refractivity contribution in [2.75, 3.05) is 13.1 Å². The first-order chi connectivity index (χ1) is 7.66. The molecule has 1 aromatic rings. The molecule has 1 fully saturated rings. The fourth-order valence-corrected chi connectivity index (χ4v) is 2.25. The van der Waals surface area contributed by atoms with E-state index >= 15 is 0 Å². The number of nitrogens with zero attached hydrogens (tertiary/aromatic N) is 1. The van der Waals surface area contributed by atoms with Gasteiger partial charge in [0.05, 0.1) is 6.10 Å². The first kappa shape index (κ1) is 11.6. The molecule has 0 radical (unpaired) electrons. The zero-order valence-corrected chi connectivity index (χ0v) is 9.56. The van der Waals surface area contributed by atoms with Crippen molar-refractivity contribution in [3.8, 4) is 0 Å². The van der Waals surface area contributed by atoms with E-state index in [1.165, 1.54) is 6.07 Å². The lowest BCUT2D eigenvalue weighted by atomic mass is 10.0. The van der Waals surface area contributed by atoms with Gasteiger partial charge in [-0.1, -0.05) is 12.1 Å². The van der Waals surface area contributed by atoms with Crippen molar-refractivity contribution in [3.63, 3.8) is 0 Å². The van der Waals surface area contributed by atoms with E-state index < -0.39 is 0 Å². The van der Waals surface area contributed by atoms with E-state index in [0.29, 0.717) is 0 Å². The SMILES string of the molecule is CC(c1cccc(F)c1)N1CCC(O)CC1. The molecule has 1 heterocycles. The van der Waals surface area contributed by atoms with Crippen molar-refractivity contribution in [2.45, 2.75) is 31.9 Å². The number of aliphatic hydroxyl groups is 1. The Bertz CT molecular complexity index is 348. The van der Waals surface area contributed by atoms with Crippen LogP contribution in [0.25, 0.3) is 0 Å². The van der Waals surface area contributed by atoms with Crippen LogP contribution >= 0.6 is 0 Å². The molecule has 2 rings (SSSR count). The fraction of sp³-hybridized carbons (Fsp3) is 0.538. The monoisotopic (exact) mass is 223 g/mol. The average molecular weight is 223 g/mol. The van der Waals surface area contributed by atoms with Gasteiger partial charge in [0.25, 0.3) is 0 Å². The maximum absolute atomic E-state index is 13.1. The summed E-state index contributed by atoms with van der Waals surface area (Å²) in [5.41, 5.74) is 1.01. The summed E-state index contributed by atoms with van der Waals surface area (Å²) in [4.78, 5) is 2.29. The van der Waals surface area contributed by atoms with E-state index in [4.69, 9.17) is 0 Å². The summed E-state index contributed by atoms with van der Waals surface area (Å²) in [6.07, 6.45) is 1.48. The fourth-order valence-electron chi connectivity index (χ4n) is 2.25. The Morgan fingerprint density at radius 3 is 2.69 bits per heavy atom. The number of piperidine rings is 1. The van der Waals surface area contributed by atoms with Crippen molar-refractivity contribution in [1.29, 1.82) is 0 Å². The molecule has 1 unspecified atom stereocenters. The summed E-state index contributed by atoms with van der Waals surface area (Å²) >= 11 is 0. The molecule has 0 saturated carbocycles. The van der Waals surface area contributed by atoms with Crippen molar-refractivity contribution in [3.05, 3.63) is 35.6 Å². The third-order valence-electron chi connectivity index (χ3n) is 3.38. The number of halogens is 1. The van der Waals surface area contributed by atoms with Gasteiger partial charge in [0.2, 0.25) is 0 Å². The molecule has 3 heteroatoms. The van der Waals surface area contributed by atoms with Gasteiger partial charge in [0, 0.05) is 19.1 Å². The van der Waals surface area contributed by atoms with Crippen LogP contribution in [0.4, 0.5) is 4.39 Å². The molecule has 1 aliphatic rings. The quantitative estimate of drug-likeness (QED) is 0.832. The lowest BCUT2D eigenvalue weighted by Crippen LogP contribution is -2.37. The first-order valence-electron chi connectivity index (χ1n) is 5.84. The molecule has 0 bridgehead atoms. The largest absolute Gasteiger partial charge is 0.393 e. The normalized spacial score (nSPS) is 20.9. The molecule has 1 saturated heterocycles. The average Bonchev–Trinajstić information content (AvgIpc) is 2.29. The van der Waals surface area contributed by atoms with E-state index in [-0.39, 0.29) is 18.0 Å². The maximum Gasteiger partial charge on any atom is 0.123 e. The second-order valence-electron chi connectivity index (χ2n) is 4.50. The number of rotatable bonds is 2. The molecule has 88 valence electrons. The molecule has 0 aliphatic carbocycles. The molecular weight excluding hydrogens is 205 g/mol. The lowest BCUT2D eigenvalue weighted by molar-refractivity contribution is 0.0644. The van der Waals surface area contributed by atoms with Gasteiger partial charge in [-0.05, 0) is 37.5 Å². The Kier molecular flexibility index (Phi) is 3.56. The number of aliphatic hydroxyl groups excluding tert-OH is 1. The molecule has 0 spiro atoms. The van der Waals surface area contributed by atoms with Crippen LogP contribution in [0.5, 0.6) is 0 Å². The zero-order valence-electron chi connectivity index (χ0n) is 9.56. The highest BCUT2D eigenvalue weighted by Gasteiger charge is 2.22. The molecule has 0 amide bonds. The van der Waals surface area contributed by atoms with E-state index in [1.54, 1.807) is 12.1 Å². The topological polar surface area (TPSA) is 23.5 Å². The van der Waals surface area contributed by atoms with Gasteiger partial charge < -0.3 is 5.11 Å². The number of likely N-dealkylation sites (tertiary alicyclic amines) is 1. The minimum Gasteiger partial charge on any atom is -0.393 e. The Labute approximate surface area is 95.7 Å². The van der Waals surface area contributed by atoms with E-state index in [2.05, 4.69) is 11.8 Å². The standard InChI is InChI=1S/C13H18FNO/c1-10(11-3-2-4-12(14)9-11)15-7-5-13(16)6-8-15/h2-4,9-10,13,16H,5-8H2,1H3. The van der Waals surface area contributed by atoms with E-state index in [9.17, 15) is 9.50 Å². The zero-order chi connectivity index (χ0) is 11.5. The Morgan fingerprint density at radius 2 is 2.06 bits per heavy atom. The Hall–Kier alpha value is -0.930. The molecule has 1 atom stereocenters. The Balaban J connectivity index is 2.04. The van der Waals surface area contributed by atoms with Crippen LogP contribution in [0.15, 0.2) is 24.3 Å². The molecular formula is C13H18FNO. The van der Waals surface area contributed by atoms with Gasteiger partial charge in [0.1, 0.15) is 5.82 Å². The molecule has 16 heavy (non-hydrogen) atoms. The third kappa shape index (κ3) is 2.60. The van der Waals surface area contributed by atoms with Crippen molar-refractivity contribution in [1.82, 2.24) is 4.90 Å². The summed E-state index contributed by atoms with van der Waals surface area (Å²) in [5, 5.41) is 9.44. The highest BCUT2D eigenvalue weighted by Crippen LogP contribution is 2.24. The van der Waals surface area contributed by atoms with Gasteiger partial charge in [-0.15, -0.1) is 0 Å². The van der Waals surface area contributed by atoms with Gasteiger partial charge in [-0.25, -0.2) is 4.39 Å². The summed E-state index contributed by atoms with van der Waals surface area (Å²) in [6.45, 7) is 3.87. The maximum atomic E-state index is 13.1. The van der Waals surface area contributed by atoms with E-state index in [1.807, 2.05) is 6.07 Å². The number of hydrogen-bond donors (Lipinski definition) is 1. The number of hydrogen-bond acceptors (Lipinski definition) is 2. The van der Waals surface area contributed by atoms with Crippen molar-refractivity contribution in [2.24, 2.45) is 0 Å². The van der Waals surface area contributed by atoms with Gasteiger partial charge in [-0.3, -0.25) is 4.90 Å². The van der Waals surface area contributed by atoms with Crippen LogP contribution in [0, 0.1) is 5.82 Å². The van der Waals surface area contributed by atoms with Crippen LogP contribution in [0.2, 0.25) is 0 Å². The van der Waals surface area contributed by atoms with Crippen LogP contribution in [0.3, 0.4) is 0 Å². The summed E-state index contributed by atoms with van der Waals surface area (Å²) in [5.74, 6) is -0.179. The second-order valence-corrected chi connectivity index (χ2v) is 4.50. The predicted molar refractivity (Wildman–Crippen MR) is 61.6 cm³/mol. The molecule has 1 N–H and O–H groups in total. The van der Waals surface area contributed by atoms with Crippen LogP contribution in [-0.2, 0) is 0 Å². The molecule has 1 aromatic carbocycles. The van der Waals surface area contributed by atoms with Crippen molar-refractivity contribution < 1.29 is 9.50 Å². The van der Waals surface area contributed by atoms with Crippen LogP contribution in [0.1, 0.15) is 31.4 Å². The van der Waals surface area contributed by atoms with Crippen LogP contribution in [-0.4, -0.2) is 29.2 Å². The molecule has 1 aliphatic heterocycles. The number of benzene rings is 1.